The van der Waals surface area contributed by atoms with Gasteiger partial charge in [-0.3, -0.25) is 10.00 Å². The molecule has 0 atom stereocenters. The van der Waals surface area contributed by atoms with E-state index in [1.54, 1.807) is 13.2 Å². The van der Waals surface area contributed by atoms with Crippen LogP contribution in [0.2, 0.25) is 0 Å². The van der Waals surface area contributed by atoms with E-state index in [1.807, 2.05) is 12.1 Å². The van der Waals surface area contributed by atoms with Crippen molar-refractivity contribution in [2.24, 2.45) is 0 Å². The molecule has 0 saturated carbocycles. The second-order valence-corrected chi connectivity index (χ2v) is 6.42. The highest BCUT2D eigenvalue weighted by Crippen LogP contribution is 2.24. The number of benzene rings is 2. The summed E-state index contributed by atoms with van der Waals surface area (Å²) in [5, 5.41) is 7.45. The number of nitrogens with one attached hydrogen (secondary N) is 1. The molecule has 1 aliphatic rings. The van der Waals surface area contributed by atoms with Crippen LogP contribution < -0.4 is 9.64 Å². The molecule has 3 aromatic rings. The number of hydrogen-bond donors (Lipinski definition) is 1. The van der Waals surface area contributed by atoms with E-state index in [2.05, 4.69) is 32.1 Å². The number of ether oxygens (including phenoxy) is 1. The van der Waals surface area contributed by atoms with Crippen molar-refractivity contribution >= 4 is 16.6 Å². The summed E-state index contributed by atoms with van der Waals surface area (Å²) in [6.07, 6.45) is 0. The van der Waals surface area contributed by atoms with Gasteiger partial charge in [0.15, 0.2) is 11.6 Å². The van der Waals surface area contributed by atoms with Crippen LogP contribution in [-0.2, 0) is 6.54 Å². The summed E-state index contributed by atoms with van der Waals surface area (Å²) in [6.45, 7) is 4.17. The number of piperazine rings is 1. The predicted octanol–water partition coefficient (Wildman–Crippen LogP) is 3.17. The molecule has 7 heteroatoms. The molecule has 1 saturated heterocycles. The van der Waals surface area contributed by atoms with Crippen LogP contribution in [0.1, 0.15) is 5.69 Å². The Kier molecular flexibility index (Phi) is 4.46. The lowest BCUT2D eigenvalue weighted by molar-refractivity contribution is 0.248. The lowest BCUT2D eigenvalue weighted by atomic mass is 10.1. The molecule has 4 rings (SSSR count). The van der Waals surface area contributed by atoms with Gasteiger partial charge in [-0.15, -0.1) is 0 Å². The van der Waals surface area contributed by atoms with Crippen LogP contribution in [0.4, 0.5) is 14.5 Å². The summed E-state index contributed by atoms with van der Waals surface area (Å²) in [7, 11) is 1.66. The van der Waals surface area contributed by atoms with Gasteiger partial charge in [0.2, 0.25) is 0 Å². The van der Waals surface area contributed by atoms with E-state index >= 15 is 0 Å². The molecule has 0 spiro atoms. The van der Waals surface area contributed by atoms with E-state index in [9.17, 15) is 8.78 Å². The minimum Gasteiger partial charge on any atom is -0.497 e. The van der Waals surface area contributed by atoms with E-state index in [0.717, 1.165) is 43.7 Å². The zero-order valence-corrected chi connectivity index (χ0v) is 14.5. The number of anilines is 1. The van der Waals surface area contributed by atoms with Gasteiger partial charge in [-0.1, -0.05) is 0 Å². The van der Waals surface area contributed by atoms with Gasteiger partial charge in [0.25, 0.3) is 0 Å². The van der Waals surface area contributed by atoms with Gasteiger partial charge in [-0.2, -0.15) is 5.10 Å². The van der Waals surface area contributed by atoms with E-state index in [1.165, 1.54) is 5.69 Å². The third-order valence-electron chi connectivity index (χ3n) is 4.89. The molecule has 1 N–H and O–H groups in total. The minimum atomic E-state index is -0.870. The van der Waals surface area contributed by atoms with Gasteiger partial charge >= 0.3 is 0 Å². The van der Waals surface area contributed by atoms with E-state index in [0.29, 0.717) is 11.9 Å². The first-order valence-electron chi connectivity index (χ1n) is 8.58. The minimum absolute atomic E-state index is 0.136. The Labute approximate surface area is 150 Å². The van der Waals surface area contributed by atoms with Crippen molar-refractivity contribution in [2.75, 3.05) is 38.2 Å². The highest BCUT2D eigenvalue weighted by Gasteiger charge is 2.20. The fraction of sp³-hybridized carbons (Fsp3) is 0.316. The highest BCUT2D eigenvalue weighted by molar-refractivity contribution is 5.81. The summed E-state index contributed by atoms with van der Waals surface area (Å²) in [5.74, 6) is -0.882. The fourth-order valence-corrected chi connectivity index (χ4v) is 3.37. The number of fused-ring (bicyclic) bond motifs is 1. The molecule has 0 amide bonds. The lowest BCUT2D eigenvalue weighted by Crippen LogP contribution is -2.46. The van der Waals surface area contributed by atoms with Crippen LogP contribution in [0, 0.1) is 11.6 Å². The van der Waals surface area contributed by atoms with Crippen LogP contribution in [-0.4, -0.2) is 48.4 Å². The second-order valence-electron chi connectivity index (χ2n) is 6.42. The fourth-order valence-electron chi connectivity index (χ4n) is 3.37. The van der Waals surface area contributed by atoms with Crippen LogP contribution in [0.3, 0.4) is 0 Å². The van der Waals surface area contributed by atoms with Crippen molar-refractivity contribution in [1.29, 1.82) is 0 Å². The van der Waals surface area contributed by atoms with Gasteiger partial charge in [-0.25, -0.2) is 8.78 Å². The zero-order valence-electron chi connectivity index (χ0n) is 14.5. The number of methoxy groups -OCH3 is 1. The monoisotopic (exact) mass is 358 g/mol. The number of aromatic amines is 1. The van der Waals surface area contributed by atoms with Gasteiger partial charge < -0.3 is 9.64 Å². The quantitative estimate of drug-likeness (QED) is 0.778. The third kappa shape index (κ3) is 3.10. The largest absolute Gasteiger partial charge is 0.497 e. The maximum Gasteiger partial charge on any atom is 0.184 e. The maximum atomic E-state index is 13.8. The molecule has 2 heterocycles. The average Bonchev–Trinajstić information content (AvgIpc) is 3.09. The Morgan fingerprint density at radius 3 is 2.46 bits per heavy atom. The van der Waals surface area contributed by atoms with E-state index < -0.39 is 11.6 Å². The van der Waals surface area contributed by atoms with Crippen molar-refractivity contribution in [1.82, 2.24) is 15.1 Å². The third-order valence-corrected chi connectivity index (χ3v) is 4.89. The SMILES string of the molecule is COc1ccc(N2CCN(Cc3n[nH]c4c(F)c(F)ccc34)CC2)cc1. The van der Waals surface area contributed by atoms with Crippen molar-refractivity contribution in [3.63, 3.8) is 0 Å². The van der Waals surface area contributed by atoms with Gasteiger partial charge in [0, 0.05) is 43.8 Å². The number of rotatable bonds is 4. The Balaban J connectivity index is 1.41. The van der Waals surface area contributed by atoms with Crippen molar-refractivity contribution in [3.05, 3.63) is 53.7 Å². The highest BCUT2D eigenvalue weighted by atomic mass is 19.2. The summed E-state index contributed by atoms with van der Waals surface area (Å²) in [4.78, 5) is 4.60. The topological polar surface area (TPSA) is 44.4 Å². The summed E-state index contributed by atoms with van der Waals surface area (Å²) in [6, 6.07) is 10.8. The van der Waals surface area contributed by atoms with Crippen LogP contribution in [0.15, 0.2) is 36.4 Å². The molecule has 26 heavy (non-hydrogen) atoms. The molecule has 2 aromatic carbocycles. The molecule has 0 bridgehead atoms. The summed E-state index contributed by atoms with van der Waals surface area (Å²) in [5.41, 5.74) is 2.06. The number of aromatic nitrogens is 2. The summed E-state index contributed by atoms with van der Waals surface area (Å²) >= 11 is 0. The van der Waals surface area contributed by atoms with Crippen LogP contribution in [0.25, 0.3) is 10.9 Å². The van der Waals surface area contributed by atoms with Crippen molar-refractivity contribution < 1.29 is 13.5 Å². The Bertz CT molecular complexity index is 902. The molecule has 1 aromatic heterocycles. The maximum absolute atomic E-state index is 13.8. The van der Waals surface area contributed by atoms with E-state index in [4.69, 9.17) is 4.74 Å². The molecular weight excluding hydrogens is 338 g/mol. The number of H-pyrrole nitrogens is 1. The smallest absolute Gasteiger partial charge is 0.184 e. The van der Waals surface area contributed by atoms with Gasteiger partial charge in [0.1, 0.15) is 11.3 Å². The molecule has 0 radical (unpaired) electrons. The standard InChI is InChI=1S/C19H20F2N4O/c1-26-14-4-2-13(3-5-14)25-10-8-24(9-11-25)12-17-15-6-7-16(20)18(21)19(15)23-22-17/h2-7H,8-12H2,1H3,(H,22,23). The Morgan fingerprint density at radius 2 is 1.77 bits per heavy atom. The second kappa shape index (κ2) is 6.92. The molecule has 0 unspecified atom stereocenters. The van der Waals surface area contributed by atoms with Crippen LogP contribution in [0.5, 0.6) is 5.75 Å². The zero-order chi connectivity index (χ0) is 18.1. The average molecular weight is 358 g/mol. The molecule has 0 aliphatic carbocycles. The number of hydrogen-bond acceptors (Lipinski definition) is 4. The molecule has 1 fully saturated rings. The summed E-state index contributed by atoms with van der Waals surface area (Å²) < 4.78 is 32.3. The molecule has 1 aliphatic heterocycles. The van der Waals surface area contributed by atoms with E-state index in [-0.39, 0.29) is 5.52 Å². The van der Waals surface area contributed by atoms with Crippen molar-refractivity contribution in [3.8, 4) is 5.75 Å². The first-order valence-corrected chi connectivity index (χ1v) is 8.58. The first kappa shape index (κ1) is 16.8. The molecule has 5 nitrogen and oxygen atoms in total. The number of halogens is 2. The molecular formula is C19H20F2N4O. The number of nitrogens with zero attached hydrogens (tertiary/aromatic N) is 3. The Morgan fingerprint density at radius 1 is 1.04 bits per heavy atom. The predicted molar refractivity (Wildman–Crippen MR) is 96.5 cm³/mol. The lowest BCUT2D eigenvalue weighted by Gasteiger charge is -2.35. The first-order chi connectivity index (χ1) is 12.7. The normalized spacial score (nSPS) is 15.6. The van der Waals surface area contributed by atoms with Crippen molar-refractivity contribution in [2.45, 2.75) is 6.54 Å². The van der Waals surface area contributed by atoms with Gasteiger partial charge in [-0.05, 0) is 36.4 Å². The molecule has 136 valence electrons. The van der Waals surface area contributed by atoms with Crippen LogP contribution >= 0.6 is 0 Å². The Hall–Kier alpha value is -2.67. The van der Waals surface area contributed by atoms with Gasteiger partial charge in [0.05, 0.1) is 12.8 Å².